The standard InChI is InChI=1S/C13H16BrN3O.C13H18BrN3O/c14-12-7-3-6-11(17-12)8-16-13(18)9-15-10-4-1-2-5-10;14-12-7-3-6-10(17-12)8-11(13(15)18)16-9-4-1-2-5-9/h3,6-7,9-10H,1-2,4-5,8H2,(H,16,18);3,6-7,9,11,16H,1-2,4-5,8H2,(H2,15,18)/t;11-/m.0/s1. The number of pyridine rings is 2. The first kappa shape index (κ1) is 28.4. The summed E-state index contributed by atoms with van der Waals surface area (Å²) in [6.45, 7) is 0.426. The molecule has 2 saturated carbocycles. The van der Waals surface area contributed by atoms with E-state index >= 15 is 0 Å². The molecule has 10 heteroatoms. The molecule has 0 spiro atoms. The van der Waals surface area contributed by atoms with Crippen molar-refractivity contribution in [2.45, 2.75) is 82.5 Å². The van der Waals surface area contributed by atoms with Crippen molar-refractivity contribution in [2.24, 2.45) is 10.7 Å². The predicted octanol–water partition coefficient (Wildman–Crippen LogP) is 4.25. The second-order valence-corrected chi connectivity index (χ2v) is 10.8. The lowest BCUT2D eigenvalue weighted by molar-refractivity contribution is -0.120. The monoisotopic (exact) mass is 620 g/mol. The summed E-state index contributed by atoms with van der Waals surface area (Å²) in [5, 5.41) is 6.13. The minimum absolute atomic E-state index is 0.149. The Bertz CT molecular complexity index is 1020. The maximum absolute atomic E-state index is 11.6. The third-order valence-electron chi connectivity index (χ3n) is 6.27. The van der Waals surface area contributed by atoms with Gasteiger partial charge in [0, 0.05) is 18.2 Å². The molecule has 2 aromatic rings. The third-order valence-corrected chi connectivity index (χ3v) is 7.15. The number of halogens is 2. The summed E-state index contributed by atoms with van der Waals surface area (Å²) in [6, 6.07) is 11.8. The van der Waals surface area contributed by atoms with Crippen molar-refractivity contribution in [1.29, 1.82) is 0 Å². The molecule has 0 aromatic carbocycles. The molecule has 36 heavy (non-hydrogen) atoms. The fraction of sp³-hybridized carbons (Fsp3) is 0.500. The number of nitrogens with one attached hydrogen (secondary N) is 2. The number of carbonyl (C=O) groups excluding carboxylic acids is 2. The average Bonchev–Trinajstić information content (AvgIpc) is 3.56. The van der Waals surface area contributed by atoms with Gasteiger partial charge in [0.15, 0.2) is 0 Å². The lowest BCUT2D eigenvalue weighted by Gasteiger charge is -2.20. The molecule has 0 radical (unpaired) electrons. The first-order valence-electron chi connectivity index (χ1n) is 12.5. The van der Waals surface area contributed by atoms with Crippen LogP contribution in [0.3, 0.4) is 0 Å². The molecule has 2 aliphatic carbocycles. The molecule has 0 unspecified atom stereocenters. The number of hydrogen-bond acceptors (Lipinski definition) is 6. The van der Waals surface area contributed by atoms with Gasteiger partial charge in [0.05, 0.1) is 30.5 Å². The van der Waals surface area contributed by atoms with E-state index in [2.05, 4.69) is 57.5 Å². The molecule has 0 aliphatic heterocycles. The normalized spacial score (nSPS) is 17.1. The van der Waals surface area contributed by atoms with Crippen LogP contribution in [0.15, 0.2) is 50.6 Å². The van der Waals surface area contributed by atoms with Crippen LogP contribution in [0.25, 0.3) is 0 Å². The van der Waals surface area contributed by atoms with E-state index in [-0.39, 0.29) is 17.9 Å². The van der Waals surface area contributed by atoms with Gasteiger partial charge in [0.2, 0.25) is 5.91 Å². The Balaban J connectivity index is 0.000000201. The van der Waals surface area contributed by atoms with Gasteiger partial charge < -0.3 is 16.4 Å². The van der Waals surface area contributed by atoms with E-state index in [4.69, 9.17) is 5.73 Å². The molecular formula is C26H34Br2N6O2. The van der Waals surface area contributed by atoms with Gasteiger partial charge in [-0.15, -0.1) is 0 Å². The zero-order valence-electron chi connectivity index (χ0n) is 20.3. The molecule has 2 amide bonds. The Morgan fingerprint density at radius 3 is 2.17 bits per heavy atom. The Hall–Kier alpha value is -2.17. The van der Waals surface area contributed by atoms with Crippen molar-refractivity contribution in [2.75, 3.05) is 0 Å². The number of primary amides is 1. The highest BCUT2D eigenvalue weighted by Crippen LogP contribution is 2.20. The van der Waals surface area contributed by atoms with Crippen molar-refractivity contribution in [1.82, 2.24) is 20.6 Å². The maximum atomic E-state index is 11.6. The van der Waals surface area contributed by atoms with Crippen molar-refractivity contribution < 1.29 is 9.59 Å². The number of carbonyl (C=O) groups is 2. The van der Waals surface area contributed by atoms with Crippen LogP contribution in [0.1, 0.15) is 62.8 Å². The molecule has 2 aliphatic rings. The van der Waals surface area contributed by atoms with Gasteiger partial charge in [-0.3, -0.25) is 14.6 Å². The Morgan fingerprint density at radius 1 is 0.972 bits per heavy atom. The van der Waals surface area contributed by atoms with E-state index in [0.717, 1.165) is 46.3 Å². The van der Waals surface area contributed by atoms with E-state index in [1.165, 1.54) is 31.9 Å². The van der Waals surface area contributed by atoms with Crippen LogP contribution in [0.2, 0.25) is 0 Å². The molecule has 2 fully saturated rings. The zero-order chi connectivity index (χ0) is 25.8. The molecule has 8 nitrogen and oxygen atoms in total. The van der Waals surface area contributed by atoms with Crippen LogP contribution in [-0.4, -0.2) is 46.1 Å². The summed E-state index contributed by atoms with van der Waals surface area (Å²) in [5.41, 5.74) is 7.16. The Morgan fingerprint density at radius 2 is 1.56 bits per heavy atom. The number of nitrogens with two attached hydrogens (primary N) is 1. The van der Waals surface area contributed by atoms with E-state index in [1.54, 1.807) is 0 Å². The van der Waals surface area contributed by atoms with Gasteiger partial charge in [-0.2, -0.15) is 0 Å². The van der Waals surface area contributed by atoms with Crippen molar-refractivity contribution in [3.63, 3.8) is 0 Å². The molecule has 0 bridgehead atoms. The highest BCUT2D eigenvalue weighted by molar-refractivity contribution is 9.10. The van der Waals surface area contributed by atoms with E-state index in [9.17, 15) is 9.59 Å². The second-order valence-electron chi connectivity index (χ2n) is 9.14. The van der Waals surface area contributed by atoms with Crippen molar-refractivity contribution in [3.8, 4) is 0 Å². The van der Waals surface area contributed by atoms with Gasteiger partial charge in [-0.25, -0.2) is 9.97 Å². The van der Waals surface area contributed by atoms with Crippen LogP contribution in [0.5, 0.6) is 0 Å². The minimum atomic E-state index is -0.324. The van der Waals surface area contributed by atoms with Gasteiger partial charge in [-0.05, 0) is 81.8 Å². The van der Waals surface area contributed by atoms with Gasteiger partial charge in [-0.1, -0.05) is 37.8 Å². The van der Waals surface area contributed by atoms with Gasteiger partial charge in [0.1, 0.15) is 9.21 Å². The van der Waals surface area contributed by atoms with E-state index in [0.29, 0.717) is 25.0 Å². The summed E-state index contributed by atoms with van der Waals surface area (Å²) in [4.78, 5) is 35.9. The summed E-state index contributed by atoms with van der Waals surface area (Å²) >= 11 is 6.62. The number of aliphatic imine (C=N–C) groups is 1. The number of hydrogen-bond donors (Lipinski definition) is 3. The molecule has 2 heterocycles. The Kier molecular flexibility index (Phi) is 12.0. The lowest BCUT2D eigenvalue weighted by Crippen LogP contribution is -2.47. The quantitative estimate of drug-likeness (QED) is 0.285. The fourth-order valence-electron chi connectivity index (χ4n) is 4.39. The third kappa shape index (κ3) is 10.4. The smallest absolute Gasteiger partial charge is 0.262 e. The number of nitrogens with zero attached hydrogens (tertiary/aromatic N) is 3. The summed E-state index contributed by atoms with van der Waals surface area (Å²) < 4.78 is 1.55. The molecule has 4 rings (SSSR count). The van der Waals surface area contributed by atoms with E-state index in [1.807, 2.05) is 36.4 Å². The van der Waals surface area contributed by atoms with Crippen LogP contribution in [0.4, 0.5) is 0 Å². The summed E-state index contributed by atoms with van der Waals surface area (Å²) in [7, 11) is 0. The lowest BCUT2D eigenvalue weighted by atomic mass is 10.1. The SMILES string of the molecule is NC(=O)[C@H](Cc1cccc(Br)n1)NC1CCCC1.O=C(C=NC1CCCC1)NCc1cccc(Br)n1. The van der Waals surface area contributed by atoms with Crippen molar-refractivity contribution >= 4 is 49.9 Å². The fourth-order valence-corrected chi connectivity index (χ4v) is 5.15. The van der Waals surface area contributed by atoms with Crippen molar-refractivity contribution in [3.05, 3.63) is 57.0 Å². The zero-order valence-corrected chi connectivity index (χ0v) is 23.5. The molecule has 194 valence electrons. The van der Waals surface area contributed by atoms with Crippen LogP contribution < -0.4 is 16.4 Å². The molecular weight excluding hydrogens is 588 g/mol. The van der Waals surface area contributed by atoms with Crippen LogP contribution in [0, 0.1) is 0 Å². The molecule has 2 aromatic heterocycles. The summed E-state index contributed by atoms with van der Waals surface area (Å²) in [6.07, 6.45) is 11.4. The van der Waals surface area contributed by atoms with Gasteiger partial charge in [0.25, 0.3) is 5.91 Å². The first-order valence-corrected chi connectivity index (χ1v) is 14.1. The average molecular weight is 622 g/mol. The molecule has 0 saturated heterocycles. The molecule has 1 atom stereocenters. The van der Waals surface area contributed by atoms with Crippen LogP contribution in [-0.2, 0) is 22.6 Å². The van der Waals surface area contributed by atoms with Gasteiger partial charge >= 0.3 is 0 Å². The maximum Gasteiger partial charge on any atom is 0.262 e. The highest BCUT2D eigenvalue weighted by atomic mass is 79.9. The number of amides is 2. The minimum Gasteiger partial charge on any atom is -0.368 e. The number of aromatic nitrogens is 2. The predicted molar refractivity (Wildman–Crippen MR) is 149 cm³/mol. The first-order chi connectivity index (χ1) is 17.4. The second kappa shape index (κ2) is 15.2. The highest BCUT2D eigenvalue weighted by Gasteiger charge is 2.23. The summed E-state index contributed by atoms with van der Waals surface area (Å²) in [5.74, 6) is -0.452. The topological polar surface area (TPSA) is 122 Å². The largest absolute Gasteiger partial charge is 0.368 e. The Labute approximate surface area is 229 Å². The van der Waals surface area contributed by atoms with E-state index < -0.39 is 0 Å². The molecule has 4 N–H and O–H groups in total. The van der Waals surface area contributed by atoms with Crippen LogP contribution >= 0.6 is 31.9 Å². The number of rotatable bonds is 9.